The molecule has 0 radical (unpaired) electrons. The molecule has 2 rings (SSSR count). The van der Waals surface area contributed by atoms with Crippen molar-refractivity contribution in [2.45, 2.75) is 24.8 Å². The Balaban J connectivity index is 2.14. The molecule has 1 atom stereocenters. The van der Waals surface area contributed by atoms with Gasteiger partial charge in [-0.05, 0) is 31.6 Å². The molecule has 2 aliphatic rings. The molecule has 1 amide bonds. The van der Waals surface area contributed by atoms with Gasteiger partial charge in [0, 0.05) is 24.2 Å². The van der Waals surface area contributed by atoms with Crippen LogP contribution in [0.25, 0.3) is 0 Å². The molecule has 1 saturated carbocycles. The summed E-state index contributed by atoms with van der Waals surface area (Å²) in [6, 6.07) is 0. The second kappa shape index (κ2) is 3.65. The van der Waals surface area contributed by atoms with Crippen LogP contribution in [0.4, 0.5) is 0 Å². The minimum absolute atomic E-state index is 0.176. The van der Waals surface area contributed by atoms with Crippen LogP contribution in [0, 0.1) is 5.92 Å². The minimum Gasteiger partial charge on any atom is -0.339 e. The molecule has 3 heteroatoms. The van der Waals surface area contributed by atoms with E-state index in [1.807, 2.05) is 11.0 Å². The fraction of sp³-hybridized carbons (Fsp3) is 0.500. The standard InChI is InChI=1S/C12H16N2O/c1-3-10(7-13-2)11-6-12(4-5-12)14(8-11)9-15/h3,7,9,11H,1-2,4-6,8H2/b10-7+. The first-order chi connectivity index (χ1) is 7.25. The van der Waals surface area contributed by atoms with Gasteiger partial charge in [0.25, 0.3) is 0 Å². The van der Waals surface area contributed by atoms with Crippen molar-refractivity contribution in [3.05, 3.63) is 24.4 Å². The maximum absolute atomic E-state index is 10.9. The summed E-state index contributed by atoms with van der Waals surface area (Å²) >= 11 is 0. The van der Waals surface area contributed by atoms with Crippen molar-refractivity contribution in [2.24, 2.45) is 10.9 Å². The number of rotatable bonds is 4. The Morgan fingerprint density at radius 2 is 2.27 bits per heavy atom. The normalized spacial score (nSPS) is 27.9. The summed E-state index contributed by atoms with van der Waals surface area (Å²) in [5.74, 6) is 0.390. The second-order valence-electron chi connectivity index (χ2n) is 4.40. The quantitative estimate of drug-likeness (QED) is 0.390. The molecule has 1 spiro atoms. The molecular weight excluding hydrogens is 188 g/mol. The maximum Gasteiger partial charge on any atom is 0.210 e. The molecule has 0 bridgehead atoms. The van der Waals surface area contributed by atoms with Crippen molar-refractivity contribution in [1.29, 1.82) is 0 Å². The highest BCUT2D eigenvalue weighted by Crippen LogP contribution is 2.52. The smallest absolute Gasteiger partial charge is 0.210 e. The predicted octanol–water partition coefficient (Wildman–Crippen LogP) is 1.77. The van der Waals surface area contributed by atoms with Gasteiger partial charge in [-0.15, -0.1) is 0 Å². The fourth-order valence-electron chi connectivity index (χ4n) is 2.52. The zero-order chi connectivity index (χ0) is 10.9. The van der Waals surface area contributed by atoms with Gasteiger partial charge in [0.2, 0.25) is 6.41 Å². The number of aliphatic imine (C=N–C) groups is 1. The largest absolute Gasteiger partial charge is 0.339 e. The number of nitrogens with zero attached hydrogens (tertiary/aromatic N) is 2. The molecule has 0 aromatic carbocycles. The SMILES string of the molecule is C=C/C(=C\N=C)C1CN(C=O)C2(CC2)C1. The van der Waals surface area contributed by atoms with Gasteiger partial charge in [0.1, 0.15) is 0 Å². The van der Waals surface area contributed by atoms with Crippen LogP contribution in [0.1, 0.15) is 19.3 Å². The predicted molar refractivity (Wildman–Crippen MR) is 60.7 cm³/mol. The Bertz CT molecular complexity index is 329. The van der Waals surface area contributed by atoms with Crippen molar-refractivity contribution in [2.75, 3.05) is 6.54 Å². The lowest BCUT2D eigenvalue weighted by Crippen LogP contribution is -2.29. The summed E-state index contributed by atoms with van der Waals surface area (Å²) in [5, 5.41) is 0. The first-order valence-electron chi connectivity index (χ1n) is 5.26. The third-order valence-corrected chi connectivity index (χ3v) is 3.55. The molecule has 0 aromatic heterocycles. The van der Waals surface area contributed by atoms with Crippen molar-refractivity contribution >= 4 is 13.1 Å². The van der Waals surface area contributed by atoms with Gasteiger partial charge in [0.15, 0.2) is 0 Å². The Morgan fingerprint density at radius 1 is 1.53 bits per heavy atom. The summed E-state index contributed by atoms with van der Waals surface area (Å²) < 4.78 is 0. The molecule has 1 aliphatic carbocycles. The number of allylic oxidation sites excluding steroid dienone is 1. The van der Waals surface area contributed by atoms with E-state index in [-0.39, 0.29) is 5.54 Å². The van der Waals surface area contributed by atoms with Crippen molar-refractivity contribution in [3.63, 3.8) is 0 Å². The van der Waals surface area contributed by atoms with E-state index in [1.54, 1.807) is 6.20 Å². The van der Waals surface area contributed by atoms with E-state index in [0.29, 0.717) is 5.92 Å². The number of carbonyl (C=O) groups is 1. The van der Waals surface area contributed by atoms with Crippen LogP contribution >= 0.6 is 0 Å². The summed E-state index contributed by atoms with van der Waals surface area (Å²) in [7, 11) is 0. The molecule has 0 aromatic rings. The Morgan fingerprint density at radius 3 is 2.67 bits per heavy atom. The lowest BCUT2D eigenvalue weighted by molar-refractivity contribution is -0.119. The van der Waals surface area contributed by atoms with Crippen molar-refractivity contribution in [3.8, 4) is 0 Å². The number of likely N-dealkylation sites (tertiary alicyclic amines) is 1. The van der Waals surface area contributed by atoms with Crippen molar-refractivity contribution in [1.82, 2.24) is 4.90 Å². The zero-order valence-electron chi connectivity index (χ0n) is 8.85. The van der Waals surface area contributed by atoms with Crippen LogP contribution in [-0.2, 0) is 4.79 Å². The van der Waals surface area contributed by atoms with E-state index in [1.165, 1.54) is 0 Å². The summed E-state index contributed by atoms with van der Waals surface area (Å²) in [4.78, 5) is 16.6. The van der Waals surface area contributed by atoms with Crippen molar-refractivity contribution < 1.29 is 4.79 Å². The summed E-state index contributed by atoms with van der Waals surface area (Å²) in [6.45, 7) is 8.04. The van der Waals surface area contributed by atoms with E-state index < -0.39 is 0 Å². The lowest BCUT2D eigenvalue weighted by Gasteiger charge is -2.17. The molecule has 80 valence electrons. The Labute approximate surface area is 90.2 Å². The zero-order valence-corrected chi connectivity index (χ0v) is 8.85. The van der Waals surface area contributed by atoms with Gasteiger partial charge >= 0.3 is 0 Å². The maximum atomic E-state index is 10.9. The fourth-order valence-corrected chi connectivity index (χ4v) is 2.52. The third-order valence-electron chi connectivity index (χ3n) is 3.55. The van der Waals surface area contributed by atoms with Gasteiger partial charge in [0.05, 0.1) is 0 Å². The average molecular weight is 204 g/mol. The highest BCUT2D eigenvalue weighted by molar-refractivity contribution is 5.52. The van der Waals surface area contributed by atoms with E-state index in [0.717, 1.165) is 37.8 Å². The molecule has 1 aliphatic heterocycles. The van der Waals surface area contributed by atoms with E-state index in [4.69, 9.17) is 0 Å². The number of hydrogen-bond acceptors (Lipinski definition) is 2. The molecule has 1 saturated heterocycles. The first kappa shape index (κ1) is 10.1. The molecule has 3 nitrogen and oxygen atoms in total. The number of amides is 1. The van der Waals surface area contributed by atoms with Crippen LogP contribution in [0.2, 0.25) is 0 Å². The molecular formula is C12H16N2O. The van der Waals surface area contributed by atoms with Crippen LogP contribution in [0.3, 0.4) is 0 Å². The first-order valence-corrected chi connectivity index (χ1v) is 5.26. The van der Waals surface area contributed by atoms with Gasteiger partial charge in [-0.2, -0.15) is 0 Å². The van der Waals surface area contributed by atoms with Crippen LogP contribution in [0.15, 0.2) is 29.4 Å². The summed E-state index contributed by atoms with van der Waals surface area (Å²) in [5.41, 5.74) is 1.27. The van der Waals surface area contributed by atoms with Gasteiger partial charge in [-0.1, -0.05) is 12.7 Å². The third kappa shape index (κ3) is 1.62. The van der Waals surface area contributed by atoms with E-state index >= 15 is 0 Å². The lowest BCUT2D eigenvalue weighted by atomic mass is 9.96. The van der Waals surface area contributed by atoms with Crippen LogP contribution in [-0.4, -0.2) is 30.1 Å². The monoisotopic (exact) mass is 204 g/mol. The van der Waals surface area contributed by atoms with Gasteiger partial charge < -0.3 is 4.90 Å². The highest BCUT2D eigenvalue weighted by Gasteiger charge is 2.54. The van der Waals surface area contributed by atoms with Crippen LogP contribution < -0.4 is 0 Å². The molecule has 2 fully saturated rings. The second-order valence-corrected chi connectivity index (χ2v) is 4.40. The molecule has 0 N–H and O–H groups in total. The van der Waals surface area contributed by atoms with E-state index in [9.17, 15) is 4.79 Å². The van der Waals surface area contributed by atoms with Gasteiger partial charge in [-0.25, -0.2) is 0 Å². The van der Waals surface area contributed by atoms with Crippen LogP contribution in [0.5, 0.6) is 0 Å². The minimum atomic E-state index is 0.176. The molecule has 1 unspecified atom stereocenters. The number of carbonyl (C=O) groups excluding carboxylic acids is 1. The van der Waals surface area contributed by atoms with Gasteiger partial charge in [-0.3, -0.25) is 9.79 Å². The average Bonchev–Trinajstić information content (AvgIpc) is 2.90. The number of hydrogen-bond donors (Lipinski definition) is 0. The topological polar surface area (TPSA) is 32.7 Å². The Kier molecular flexibility index (Phi) is 2.47. The molecule has 15 heavy (non-hydrogen) atoms. The highest BCUT2D eigenvalue weighted by atomic mass is 16.1. The Hall–Kier alpha value is -1.38. The van der Waals surface area contributed by atoms with E-state index in [2.05, 4.69) is 18.3 Å². The summed E-state index contributed by atoms with van der Waals surface area (Å²) in [6.07, 6.45) is 7.91. The molecule has 1 heterocycles.